The van der Waals surface area contributed by atoms with E-state index < -0.39 is 54.2 Å². The molecule has 0 saturated carbocycles. The Morgan fingerprint density at radius 3 is 1.86 bits per heavy atom. The SMILES string of the molecule is CCCCCCCCCCCN(C)[C@H](C(=O)N[C@H](C(=O)N(C)[C@@H]([C@@H](C)CC)[C@@H](CC(=O)N1CCC[C@H]1[C@H](OC)[C@@H](C)C(=O)N[C@@H](C)C(=O)O)OC)C(C)C)C(C)C. The number of hydrogen-bond donors (Lipinski definition) is 3. The first-order valence-corrected chi connectivity index (χ1v) is 22.0. The fraction of sp³-hybridized carbons (Fsp3) is 0.886. The van der Waals surface area contributed by atoms with Crippen LogP contribution >= 0.6 is 0 Å². The molecule has 9 atom stereocenters. The molecule has 332 valence electrons. The van der Waals surface area contributed by atoms with Crippen molar-refractivity contribution in [3.63, 3.8) is 0 Å². The predicted octanol–water partition coefficient (Wildman–Crippen LogP) is 6.12. The molecule has 0 aromatic carbocycles. The molecule has 4 amide bonds. The van der Waals surface area contributed by atoms with E-state index in [0.29, 0.717) is 13.0 Å². The van der Waals surface area contributed by atoms with Crippen LogP contribution in [0.2, 0.25) is 0 Å². The number of nitrogens with zero attached hydrogens (tertiary/aromatic N) is 3. The molecule has 1 aliphatic rings. The number of rotatable bonds is 29. The molecule has 13 heteroatoms. The zero-order valence-corrected chi connectivity index (χ0v) is 38.1. The first-order chi connectivity index (χ1) is 26.9. The smallest absolute Gasteiger partial charge is 0.325 e. The third-order valence-electron chi connectivity index (χ3n) is 12.2. The first kappa shape index (κ1) is 52.2. The van der Waals surface area contributed by atoms with Gasteiger partial charge in [-0.3, -0.25) is 28.9 Å². The van der Waals surface area contributed by atoms with Gasteiger partial charge in [-0.25, -0.2) is 0 Å². The van der Waals surface area contributed by atoms with E-state index >= 15 is 0 Å². The van der Waals surface area contributed by atoms with Crippen LogP contribution in [-0.4, -0.2) is 133 Å². The summed E-state index contributed by atoms with van der Waals surface area (Å²) in [5, 5.41) is 14.9. The van der Waals surface area contributed by atoms with Crippen LogP contribution in [0, 0.1) is 23.7 Å². The van der Waals surface area contributed by atoms with Gasteiger partial charge in [-0.1, -0.05) is 113 Å². The average Bonchev–Trinajstić information content (AvgIpc) is 3.65. The normalized spacial score (nSPS) is 18.8. The maximum Gasteiger partial charge on any atom is 0.325 e. The van der Waals surface area contributed by atoms with Gasteiger partial charge in [0.05, 0.1) is 42.7 Å². The number of likely N-dealkylation sites (N-methyl/N-ethyl adjacent to an activating group) is 2. The molecule has 0 spiro atoms. The lowest BCUT2D eigenvalue weighted by Crippen LogP contribution is -2.60. The largest absolute Gasteiger partial charge is 0.480 e. The Hall–Kier alpha value is -2.77. The van der Waals surface area contributed by atoms with E-state index in [0.717, 1.165) is 32.2 Å². The highest BCUT2D eigenvalue weighted by Gasteiger charge is 2.43. The van der Waals surface area contributed by atoms with Gasteiger partial charge >= 0.3 is 5.97 Å². The van der Waals surface area contributed by atoms with Crippen molar-refractivity contribution in [1.82, 2.24) is 25.3 Å². The Bertz CT molecular complexity index is 1220. The Morgan fingerprint density at radius 1 is 0.789 bits per heavy atom. The van der Waals surface area contributed by atoms with E-state index in [4.69, 9.17) is 9.47 Å². The molecule has 3 N–H and O–H groups in total. The first-order valence-electron chi connectivity index (χ1n) is 22.0. The van der Waals surface area contributed by atoms with Crippen LogP contribution in [0.4, 0.5) is 0 Å². The topological polar surface area (TPSA) is 158 Å². The summed E-state index contributed by atoms with van der Waals surface area (Å²) in [7, 11) is 6.79. The number of carbonyl (C=O) groups is 5. The van der Waals surface area contributed by atoms with Crippen LogP contribution in [0.15, 0.2) is 0 Å². The van der Waals surface area contributed by atoms with Crippen LogP contribution in [-0.2, 0) is 33.4 Å². The molecule has 0 radical (unpaired) electrons. The minimum Gasteiger partial charge on any atom is -0.480 e. The fourth-order valence-electron chi connectivity index (χ4n) is 8.51. The number of likely N-dealkylation sites (tertiary alicyclic amines) is 1. The maximum atomic E-state index is 14.5. The number of aliphatic carboxylic acids is 1. The van der Waals surface area contributed by atoms with Gasteiger partial charge < -0.3 is 35.0 Å². The number of carboxylic acids is 1. The van der Waals surface area contributed by atoms with Gasteiger partial charge in [0.2, 0.25) is 23.6 Å². The van der Waals surface area contributed by atoms with Crippen LogP contribution in [0.5, 0.6) is 0 Å². The number of ether oxygens (including phenoxy) is 2. The molecule has 1 heterocycles. The van der Waals surface area contributed by atoms with Crippen molar-refractivity contribution >= 4 is 29.6 Å². The number of amides is 4. The number of nitrogens with one attached hydrogen (secondary N) is 2. The van der Waals surface area contributed by atoms with Gasteiger partial charge in [-0.15, -0.1) is 0 Å². The lowest BCUT2D eigenvalue weighted by molar-refractivity contribution is -0.148. The lowest BCUT2D eigenvalue weighted by Gasteiger charge is -2.41. The number of methoxy groups -OCH3 is 2. The van der Waals surface area contributed by atoms with Crippen LogP contribution < -0.4 is 10.6 Å². The highest BCUT2D eigenvalue weighted by Crippen LogP contribution is 2.30. The summed E-state index contributed by atoms with van der Waals surface area (Å²) in [6.45, 7) is 18.7. The van der Waals surface area contributed by atoms with Gasteiger partial charge in [-0.2, -0.15) is 0 Å². The molecule has 1 fully saturated rings. The summed E-state index contributed by atoms with van der Waals surface area (Å²) in [4.78, 5) is 72.5. The number of hydrogen-bond acceptors (Lipinski definition) is 8. The molecule has 0 aromatic rings. The molecule has 57 heavy (non-hydrogen) atoms. The Balaban J connectivity index is 3.12. The second-order valence-corrected chi connectivity index (χ2v) is 17.4. The number of carbonyl (C=O) groups excluding carboxylic acids is 4. The summed E-state index contributed by atoms with van der Waals surface area (Å²) in [6, 6.07) is -3.07. The third kappa shape index (κ3) is 16.4. The summed E-state index contributed by atoms with van der Waals surface area (Å²) in [5.74, 6) is -3.04. The van der Waals surface area contributed by atoms with E-state index in [9.17, 15) is 29.1 Å². The van der Waals surface area contributed by atoms with Gasteiger partial charge in [0, 0.05) is 27.8 Å². The van der Waals surface area contributed by atoms with Crippen LogP contribution in [0.25, 0.3) is 0 Å². The van der Waals surface area contributed by atoms with E-state index in [1.165, 1.54) is 59.0 Å². The summed E-state index contributed by atoms with van der Waals surface area (Å²) < 4.78 is 11.8. The van der Waals surface area contributed by atoms with E-state index in [1.54, 1.807) is 30.9 Å². The minimum atomic E-state index is -1.14. The molecule has 1 rings (SSSR count). The quantitative estimate of drug-likeness (QED) is 0.0758. The van der Waals surface area contributed by atoms with Crippen molar-refractivity contribution in [2.75, 3.05) is 41.4 Å². The highest BCUT2D eigenvalue weighted by atomic mass is 16.5. The second-order valence-electron chi connectivity index (χ2n) is 17.4. The molecule has 1 aliphatic heterocycles. The minimum absolute atomic E-state index is 0.00443. The fourth-order valence-corrected chi connectivity index (χ4v) is 8.51. The van der Waals surface area contributed by atoms with Crippen LogP contribution in [0.1, 0.15) is 146 Å². The van der Waals surface area contributed by atoms with Crippen molar-refractivity contribution in [2.45, 2.75) is 188 Å². The second kappa shape index (κ2) is 27.1. The van der Waals surface area contributed by atoms with E-state index in [2.05, 4.69) is 22.5 Å². The molecule has 0 aliphatic carbocycles. The number of carboxylic acid groups (broad SMARTS) is 1. The molecule has 13 nitrogen and oxygen atoms in total. The molecular formula is C44H83N5O8. The summed E-state index contributed by atoms with van der Waals surface area (Å²) in [5.41, 5.74) is 0. The highest BCUT2D eigenvalue weighted by molar-refractivity contribution is 5.90. The third-order valence-corrected chi connectivity index (χ3v) is 12.2. The zero-order valence-electron chi connectivity index (χ0n) is 38.1. The monoisotopic (exact) mass is 810 g/mol. The summed E-state index contributed by atoms with van der Waals surface area (Å²) >= 11 is 0. The van der Waals surface area contributed by atoms with Crippen molar-refractivity contribution in [1.29, 1.82) is 0 Å². The van der Waals surface area contributed by atoms with Gasteiger partial charge in [0.15, 0.2) is 0 Å². The molecule has 0 aromatic heterocycles. The lowest BCUT2D eigenvalue weighted by atomic mass is 9.89. The summed E-state index contributed by atoms with van der Waals surface area (Å²) in [6.07, 6.45) is 11.9. The molecule has 0 bridgehead atoms. The maximum absolute atomic E-state index is 14.5. The zero-order chi connectivity index (χ0) is 43.4. The Morgan fingerprint density at radius 2 is 1.37 bits per heavy atom. The van der Waals surface area contributed by atoms with Gasteiger partial charge in [0.1, 0.15) is 12.1 Å². The van der Waals surface area contributed by atoms with Crippen molar-refractivity contribution in [2.24, 2.45) is 23.7 Å². The Kier molecular flexibility index (Phi) is 24.8. The van der Waals surface area contributed by atoms with Crippen molar-refractivity contribution < 1.29 is 38.6 Å². The predicted molar refractivity (Wildman–Crippen MR) is 227 cm³/mol. The van der Waals surface area contributed by atoms with Crippen molar-refractivity contribution in [3.05, 3.63) is 0 Å². The van der Waals surface area contributed by atoms with E-state index in [-0.39, 0.29) is 47.9 Å². The molecule has 1 saturated heterocycles. The van der Waals surface area contributed by atoms with Gasteiger partial charge in [-0.05, 0) is 57.5 Å². The number of unbranched alkanes of at least 4 members (excludes halogenated alkanes) is 8. The molecular weight excluding hydrogens is 727 g/mol. The van der Waals surface area contributed by atoms with Crippen LogP contribution in [0.3, 0.4) is 0 Å². The standard InChI is InChI=1S/C44H83N5O8/c1-14-16-17-18-19-20-21-22-23-26-47(10)38(30(5)6)42(52)46-37(29(3)4)43(53)48(11)39(31(7)15-2)35(56-12)28-36(50)49-27-24-25-34(49)40(57-13)32(8)41(51)45-33(9)44(54)55/h29-35,37-40H,14-28H2,1-13H3,(H,45,51)(H,46,52)(H,54,55)/t31-,32+,33-,34-,35+,37-,38-,39-,40+/m0/s1. The Labute approximate surface area is 346 Å². The van der Waals surface area contributed by atoms with Crippen molar-refractivity contribution in [3.8, 4) is 0 Å². The van der Waals surface area contributed by atoms with E-state index in [1.807, 2.05) is 48.6 Å². The van der Waals surface area contributed by atoms with Gasteiger partial charge in [0.25, 0.3) is 0 Å². The average molecular weight is 810 g/mol. The molecule has 0 unspecified atom stereocenters.